The van der Waals surface area contributed by atoms with Gasteiger partial charge in [0.2, 0.25) is 0 Å². The monoisotopic (exact) mass is 481 g/mol. The van der Waals surface area contributed by atoms with Crippen molar-refractivity contribution in [3.8, 4) is 16.9 Å². The largest absolute Gasteiger partial charge is 0.493 e. The van der Waals surface area contributed by atoms with Crippen molar-refractivity contribution in [2.45, 2.75) is 52.6 Å². The average molecular weight is 482 g/mol. The van der Waals surface area contributed by atoms with Crippen molar-refractivity contribution < 1.29 is 19.2 Å². The lowest BCUT2D eigenvalue weighted by atomic mass is 9.88. The zero-order valence-electron chi connectivity index (χ0n) is 20.8. The summed E-state index contributed by atoms with van der Waals surface area (Å²) in [6, 6.07) is 5.32. The van der Waals surface area contributed by atoms with Crippen LogP contribution < -0.4 is 4.74 Å². The number of pyridine rings is 1. The van der Waals surface area contributed by atoms with Crippen LogP contribution in [0.1, 0.15) is 44.7 Å². The van der Waals surface area contributed by atoms with Gasteiger partial charge in [-0.15, -0.1) is 0 Å². The molecule has 0 unspecified atom stereocenters. The lowest BCUT2D eigenvalue weighted by Crippen LogP contribution is -2.43. The Morgan fingerprint density at radius 2 is 2.06 bits per heavy atom. The molecular weight excluding hydrogens is 450 g/mol. The van der Waals surface area contributed by atoms with Gasteiger partial charge in [-0.25, -0.2) is 14.3 Å². The Labute approximate surface area is 204 Å². The molecule has 0 radical (unpaired) electrons. The molecule has 0 N–H and O–H groups in total. The molecule has 1 atom stereocenters. The molecule has 0 aliphatic carbocycles. The third kappa shape index (κ3) is 5.36. The van der Waals surface area contributed by atoms with Gasteiger partial charge in [-0.3, -0.25) is 10.1 Å². The number of aromatic nitrogens is 3. The van der Waals surface area contributed by atoms with Crippen LogP contribution in [0.4, 0.5) is 10.5 Å². The van der Waals surface area contributed by atoms with E-state index in [0.29, 0.717) is 36.5 Å². The zero-order chi connectivity index (χ0) is 25.3. The highest BCUT2D eigenvalue weighted by atomic mass is 16.6. The number of nitro benzene ring substituents is 1. The standard InChI is InChI=1S/C25H31N5O5/c1-16-9-18(10-17-7-6-8-28(13-17)24(31)35-25(2,3)4)21(30(32)33)12-20(16)19-11-22(34-5)23-26-15-27-29(23)14-19/h9,11-12,14-15,17H,6-8,10,13H2,1-5H3/t17-/m0/s1. The third-order valence-electron chi connectivity index (χ3n) is 6.17. The minimum atomic E-state index is -0.562. The van der Waals surface area contributed by atoms with Crippen LogP contribution in [0.25, 0.3) is 16.8 Å². The van der Waals surface area contributed by atoms with E-state index in [1.54, 1.807) is 28.8 Å². The van der Waals surface area contributed by atoms with Crippen molar-refractivity contribution in [3.63, 3.8) is 0 Å². The first-order valence-corrected chi connectivity index (χ1v) is 11.7. The molecule has 35 heavy (non-hydrogen) atoms. The maximum atomic E-state index is 12.5. The van der Waals surface area contributed by atoms with Crippen LogP contribution in [0.15, 0.2) is 30.7 Å². The second kappa shape index (κ2) is 9.52. The van der Waals surface area contributed by atoms with Gasteiger partial charge in [0, 0.05) is 36.5 Å². The zero-order valence-corrected chi connectivity index (χ0v) is 20.8. The van der Waals surface area contributed by atoms with E-state index in [1.165, 1.54) is 6.33 Å². The number of hydrogen-bond acceptors (Lipinski definition) is 7. The molecule has 1 amide bonds. The van der Waals surface area contributed by atoms with Crippen LogP contribution >= 0.6 is 0 Å². The van der Waals surface area contributed by atoms with Gasteiger partial charge < -0.3 is 14.4 Å². The Morgan fingerprint density at radius 3 is 2.74 bits per heavy atom. The fourth-order valence-electron chi connectivity index (χ4n) is 4.63. The van der Waals surface area contributed by atoms with E-state index in [1.807, 2.05) is 39.8 Å². The molecule has 1 aliphatic rings. The second-order valence-electron chi connectivity index (χ2n) is 10.0. The van der Waals surface area contributed by atoms with Gasteiger partial charge in [0.05, 0.1) is 12.0 Å². The summed E-state index contributed by atoms with van der Waals surface area (Å²) in [6.45, 7) is 8.63. The minimum absolute atomic E-state index is 0.0673. The maximum absolute atomic E-state index is 12.5. The molecule has 1 aromatic carbocycles. The van der Waals surface area contributed by atoms with Gasteiger partial charge in [-0.1, -0.05) is 0 Å². The summed E-state index contributed by atoms with van der Waals surface area (Å²) in [4.78, 5) is 30.2. The lowest BCUT2D eigenvalue weighted by Gasteiger charge is -2.34. The van der Waals surface area contributed by atoms with Crippen LogP contribution in [0, 0.1) is 23.0 Å². The number of aryl methyl sites for hydroxylation is 1. The molecule has 0 saturated carbocycles. The number of hydrogen-bond donors (Lipinski definition) is 0. The van der Waals surface area contributed by atoms with Crippen LogP contribution in [-0.2, 0) is 11.2 Å². The summed E-state index contributed by atoms with van der Waals surface area (Å²) in [7, 11) is 1.55. The quantitative estimate of drug-likeness (QED) is 0.380. The summed E-state index contributed by atoms with van der Waals surface area (Å²) in [6.07, 6.45) is 5.15. The van der Waals surface area contributed by atoms with E-state index in [0.717, 1.165) is 29.5 Å². The first-order chi connectivity index (χ1) is 16.6. The third-order valence-corrected chi connectivity index (χ3v) is 6.17. The normalized spacial score (nSPS) is 16.4. The molecular formula is C25H31N5O5. The Morgan fingerprint density at radius 1 is 1.29 bits per heavy atom. The molecule has 0 spiro atoms. The SMILES string of the molecule is COc1cc(-c2cc([N+](=O)[O-])c(C[C@@H]3CCCN(C(=O)OC(C)(C)C)C3)cc2C)cn2ncnc12. The Hall–Kier alpha value is -3.69. The van der Waals surface area contributed by atoms with Crippen molar-refractivity contribution in [1.29, 1.82) is 0 Å². The Balaban J connectivity index is 1.62. The van der Waals surface area contributed by atoms with Gasteiger partial charge in [-0.2, -0.15) is 5.10 Å². The van der Waals surface area contributed by atoms with E-state index in [2.05, 4.69) is 10.1 Å². The van der Waals surface area contributed by atoms with Crippen LogP contribution in [0.2, 0.25) is 0 Å². The van der Waals surface area contributed by atoms with E-state index in [-0.39, 0.29) is 22.6 Å². The highest BCUT2D eigenvalue weighted by Gasteiger charge is 2.29. The molecule has 3 heterocycles. The van der Waals surface area contributed by atoms with E-state index in [9.17, 15) is 14.9 Å². The molecule has 10 heteroatoms. The van der Waals surface area contributed by atoms with Gasteiger partial charge in [0.15, 0.2) is 11.4 Å². The Bertz CT molecular complexity index is 1260. The number of ether oxygens (including phenoxy) is 2. The van der Waals surface area contributed by atoms with Crippen LogP contribution in [0.3, 0.4) is 0 Å². The smallest absolute Gasteiger partial charge is 0.410 e. The molecule has 10 nitrogen and oxygen atoms in total. The molecule has 3 aromatic rings. The lowest BCUT2D eigenvalue weighted by molar-refractivity contribution is -0.385. The number of rotatable bonds is 5. The number of nitro groups is 1. The summed E-state index contributed by atoms with van der Waals surface area (Å²) in [5.41, 5.74) is 3.14. The molecule has 2 aromatic heterocycles. The number of benzene rings is 1. The number of carbonyl (C=O) groups excluding carboxylic acids is 1. The van der Waals surface area contributed by atoms with Gasteiger partial charge in [-0.05, 0) is 76.1 Å². The number of fused-ring (bicyclic) bond motifs is 1. The number of likely N-dealkylation sites (tertiary alicyclic amines) is 1. The van der Waals surface area contributed by atoms with Crippen molar-refractivity contribution in [2.24, 2.45) is 5.92 Å². The van der Waals surface area contributed by atoms with Gasteiger partial charge in [0.25, 0.3) is 5.69 Å². The van der Waals surface area contributed by atoms with Crippen LogP contribution in [-0.4, -0.2) is 56.3 Å². The predicted octanol–water partition coefficient (Wildman–Crippen LogP) is 4.81. The van der Waals surface area contributed by atoms with Crippen molar-refractivity contribution >= 4 is 17.4 Å². The number of nitrogens with zero attached hydrogens (tertiary/aromatic N) is 5. The number of piperidine rings is 1. The number of amides is 1. The van der Waals surface area contributed by atoms with E-state index >= 15 is 0 Å². The predicted molar refractivity (Wildman–Crippen MR) is 131 cm³/mol. The molecule has 0 bridgehead atoms. The number of carbonyl (C=O) groups is 1. The summed E-state index contributed by atoms with van der Waals surface area (Å²) >= 11 is 0. The second-order valence-corrected chi connectivity index (χ2v) is 10.0. The topological polar surface area (TPSA) is 112 Å². The highest BCUT2D eigenvalue weighted by Crippen LogP contribution is 2.35. The van der Waals surface area contributed by atoms with Gasteiger partial charge >= 0.3 is 6.09 Å². The number of methoxy groups -OCH3 is 1. The maximum Gasteiger partial charge on any atom is 0.410 e. The fourth-order valence-corrected chi connectivity index (χ4v) is 4.63. The van der Waals surface area contributed by atoms with Crippen molar-refractivity contribution in [3.05, 3.63) is 52.0 Å². The van der Waals surface area contributed by atoms with Crippen molar-refractivity contribution in [1.82, 2.24) is 19.5 Å². The fraction of sp³-hybridized carbons (Fsp3) is 0.480. The Kier molecular flexibility index (Phi) is 6.64. The minimum Gasteiger partial charge on any atom is -0.493 e. The summed E-state index contributed by atoms with van der Waals surface area (Å²) in [5.74, 6) is 0.655. The molecule has 1 fully saturated rings. The first-order valence-electron chi connectivity index (χ1n) is 11.7. The van der Waals surface area contributed by atoms with Crippen molar-refractivity contribution in [2.75, 3.05) is 20.2 Å². The molecule has 1 aliphatic heterocycles. The highest BCUT2D eigenvalue weighted by molar-refractivity contribution is 5.74. The van der Waals surface area contributed by atoms with E-state index < -0.39 is 5.60 Å². The molecule has 1 saturated heterocycles. The molecule has 4 rings (SSSR count). The van der Waals surface area contributed by atoms with Crippen LogP contribution in [0.5, 0.6) is 5.75 Å². The molecule has 186 valence electrons. The summed E-state index contributed by atoms with van der Waals surface area (Å²) < 4.78 is 12.6. The van der Waals surface area contributed by atoms with Gasteiger partial charge in [0.1, 0.15) is 11.9 Å². The first kappa shape index (κ1) is 24.4. The van der Waals surface area contributed by atoms with E-state index in [4.69, 9.17) is 9.47 Å². The summed E-state index contributed by atoms with van der Waals surface area (Å²) in [5, 5.41) is 16.2. The average Bonchev–Trinajstić information content (AvgIpc) is 3.26.